The molecule has 15 heavy (non-hydrogen) atoms. The molecule has 1 N–H and O–H groups in total. The highest BCUT2D eigenvalue weighted by molar-refractivity contribution is 7.11. The van der Waals surface area contributed by atoms with Gasteiger partial charge in [-0.3, -0.25) is 9.78 Å². The molecule has 0 atom stereocenters. The number of carbonyl (C=O) groups is 1. The molecule has 2 rings (SSSR count). The van der Waals surface area contributed by atoms with Crippen molar-refractivity contribution in [3.8, 4) is 0 Å². The quantitative estimate of drug-likeness (QED) is 0.785. The molecule has 3 nitrogen and oxygen atoms in total. The van der Waals surface area contributed by atoms with Gasteiger partial charge in [-0.05, 0) is 12.8 Å². The number of amides is 1. The van der Waals surface area contributed by atoms with E-state index in [0.717, 1.165) is 17.7 Å². The molecule has 1 saturated carbocycles. The van der Waals surface area contributed by atoms with E-state index in [-0.39, 0.29) is 5.91 Å². The summed E-state index contributed by atoms with van der Waals surface area (Å²) in [7, 11) is 0. The van der Waals surface area contributed by atoms with Crippen LogP contribution in [0, 0.1) is 0 Å². The van der Waals surface area contributed by atoms with E-state index in [2.05, 4.69) is 10.3 Å². The first-order valence-electron chi connectivity index (χ1n) is 5.55. The summed E-state index contributed by atoms with van der Waals surface area (Å²) in [6.45, 7) is 0. The van der Waals surface area contributed by atoms with E-state index in [1.165, 1.54) is 37.0 Å². The van der Waals surface area contributed by atoms with E-state index < -0.39 is 0 Å². The molecule has 0 aliphatic heterocycles. The molecular formula is C11H16N2OS. The van der Waals surface area contributed by atoms with Crippen LogP contribution in [0.15, 0.2) is 11.7 Å². The summed E-state index contributed by atoms with van der Waals surface area (Å²) in [5.74, 6) is 0.0457. The first-order chi connectivity index (χ1) is 7.36. The number of carbonyl (C=O) groups excluding carboxylic acids is 1. The number of nitrogens with one attached hydrogen (secondary N) is 1. The summed E-state index contributed by atoms with van der Waals surface area (Å²) in [5, 5.41) is 3.09. The highest BCUT2D eigenvalue weighted by Gasteiger charge is 2.16. The Kier molecular flexibility index (Phi) is 3.72. The number of hydrogen-bond donors (Lipinski definition) is 1. The lowest BCUT2D eigenvalue weighted by Gasteiger charge is -2.15. The molecule has 4 heteroatoms. The first-order valence-corrected chi connectivity index (χ1v) is 6.43. The lowest BCUT2D eigenvalue weighted by Crippen LogP contribution is -2.33. The maximum atomic E-state index is 11.7. The molecule has 1 amide bonds. The van der Waals surface area contributed by atoms with Crippen LogP contribution in [0.3, 0.4) is 0 Å². The zero-order valence-corrected chi connectivity index (χ0v) is 9.55. The maximum Gasteiger partial charge on any atom is 0.263 e. The minimum Gasteiger partial charge on any atom is -0.349 e. The van der Waals surface area contributed by atoms with Crippen LogP contribution in [0.5, 0.6) is 0 Å². The monoisotopic (exact) mass is 224 g/mol. The van der Waals surface area contributed by atoms with Crippen molar-refractivity contribution in [2.75, 3.05) is 0 Å². The molecule has 82 valence electrons. The van der Waals surface area contributed by atoms with Crippen LogP contribution in [0.1, 0.15) is 48.2 Å². The molecule has 0 radical (unpaired) electrons. The summed E-state index contributed by atoms with van der Waals surface area (Å²) in [4.78, 5) is 16.4. The third-order valence-corrected chi connectivity index (χ3v) is 3.62. The summed E-state index contributed by atoms with van der Waals surface area (Å²) in [6, 6.07) is 0.377. The van der Waals surface area contributed by atoms with Crippen molar-refractivity contribution in [2.24, 2.45) is 0 Å². The van der Waals surface area contributed by atoms with Crippen LogP contribution in [-0.2, 0) is 0 Å². The molecule has 0 unspecified atom stereocenters. The SMILES string of the molecule is O=C(NC1CCCCCC1)c1cncs1. The Bertz CT molecular complexity index is 302. The second-order valence-electron chi connectivity index (χ2n) is 4.03. The van der Waals surface area contributed by atoms with Crippen molar-refractivity contribution >= 4 is 17.2 Å². The van der Waals surface area contributed by atoms with E-state index >= 15 is 0 Å². The predicted octanol–water partition coefficient (Wildman–Crippen LogP) is 2.60. The highest BCUT2D eigenvalue weighted by Crippen LogP contribution is 2.18. The van der Waals surface area contributed by atoms with Gasteiger partial charge >= 0.3 is 0 Å². The molecule has 1 aliphatic carbocycles. The Morgan fingerprint density at radius 1 is 1.33 bits per heavy atom. The summed E-state index contributed by atoms with van der Waals surface area (Å²) in [5.41, 5.74) is 1.70. The zero-order valence-electron chi connectivity index (χ0n) is 8.74. The molecule has 1 aromatic heterocycles. The van der Waals surface area contributed by atoms with Crippen LogP contribution in [0.4, 0.5) is 0 Å². The maximum absolute atomic E-state index is 11.7. The number of thiazole rings is 1. The lowest BCUT2D eigenvalue weighted by atomic mass is 10.1. The van der Waals surface area contributed by atoms with Crippen molar-refractivity contribution < 1.29 is 4.79 Å². The van der Waals surface area contributed by atoms with Gasteiger partial charge < -0.3 is 5.32 Å². The van der Waals surface area contributed by atoms with Crippen molar-refractivity contribution in [3.63, 3.8) is 0 Å². The summed E-state index contributed by atoms with van der Waals surface area (Å²) >= 11 is 1.40. The summed E-state index contributed by atoms with van der Waals surface area (Å²) < 4.78 is 0. The first kappa shape index (κ1) is 10.6. The van der Waals surface area contributed by atoms with Gasteiger partial charge in [-0.25, -0.2) is 0 Å². The minimum absolute atomic E-state index is 0.0457. The van der Waals surface area contributed by atoms with E-state index in [4.69, 9.17) is 0 Å². The van der Waals surface area contributed by atoms with Gasteiger partial charge in [0.05, 0.1) is 11.7 Å². The van der Waals surface area contributed by atoms with Gasteiger partial charge in [0.15, 0.2) is 0 Å². The Balaban J connectivity index is 1.87. The van der Waals surface area contributed by atoms with Crippen LogP contribution < -0.4 is 5.32 Å². The fourth-order valence-corrected chi connectivity index (χ4v) is 2.53. The Hall–Kier alpha value is -0.900. The number of rotatable bonds is 2. The summed E-state index contributed by atoms with van der Waals surface area (Å²) in [6.07, 6.45) is 9.01. The van der Waals surface area contributed by atoms with Crippen molar-refractivity contribution in [1.82, 2.24) is 10.3 Å². The van der Waals surface area contributed by atoms with Gasteiger partial charge in [0.1, 0.15) is 4.88 Å². The topological polar surface area (TPSA) is 42.0 Å². The van der Waals surface area contributed by atoms with E-state index in [1.807, 2.05) is 0 Å². The van der Waals surface area contributed by atoms with Crippen LogP contribution >= 0.6 is 11.3 Å². The van der Waals surface area contributed by atoms with Gasteiger partial charge in [-0.15, -0.1) is 11.3 Å². The average molecular weight is 224 g/mol. The fraction of sp³-hybridized carbons (Fsp3) is 0.636. The van der Waals surface area contributed by atoms with Crippen molar-refractivity contribution in [1.29, 1.82) is 0 Å². The van der Waals surface area contributed by atoms with Gasteiger partial charge in [0, 0.05) is 6.04 Å². The Morgan fingerprint density at radius 3 is 2.67 bits per heavy atom. The van der Waals surface area contributed by atoms with Crippen LogP contribution in [0.2, 0.25) is 0 Å². The third kappa shape index (κ3) is 3.02. The molecule has 1 aromatic rings. The van der Waals surface area contributed by atoms with Gasteiger partial charge in [0.2, 0.25) is 0 Å². The normalized spacial score (nSPS) is 18.4. The number of hydrogen-bond acceptors (Lipinski definition) is 3. The molecular weight excluding hydrogens is 208 g/mol. The molecule has 1 heterocycles. The molecule has 0 bridgehead atoms. The highest BCUT2D eigenvalue weighted by atomic mass is 32.1. The van der Waals surface area contributed by atoms with Gasteiger partial charge in [-0.1, -0.05) is 25.7 Å². The standard InChI is InChI=1S/C11H16N2OS/c14-11(10-7-12-8-15-10)13-9-5-3-1-2-4-6-9/h7-9H,1-6H2,(H,13,14). The molecule has 0 aromatic carbocycles. The minimum atomic E-state index is 0.0457. The molecule has 1 fully saturated rings. The van der Waals surface area contributed by atoms with Crippen LogP contribution in [0.25, 0.3) is 0 Å². The fourth-order valence-electron chi connectivity index (χ4n) is 2.01. The largest absolute Gasteiger partial charge is 0.349 e. The second-order valence-corrected chi connectivity index (χ2v) is 4.91. The van der Waals surface area contributed by atoms with Crippen molar-refractivity contribution in [2.45, 2.75) is 44.6 Å². The second kappa shape index (κ2) is 5.26. The van der Waals surface area contributed by atoms with E-state index in [1.54, 1.807) is 11.7 Å². The average Bonchev–Trinajstić information content (AvgIpc) is 2.65. The van der Waals surface area contributed by atoms with Gasteiger partial charge in [-0.2, -0.15) is 0 Å². The van der Waals surface area contributed by atoms with E-state index in [9.17, 15) is 4.79 Å². The van der Waals surface area contributed by atoms with Crippen molar-refractivity contribution in [3.05, 3.63) is 16.6 Å². The number of nitrogens with zero attached hydrogens (tertiary/aromatic N) is 1. The molecule has 0 saturated heterocycles. The van der Waals surface area contributed by atoms with E-state index in [0.29, 0.717) is 6.04 Å². The molecule has 0 spiro atoms. The Morgan fingerprint density at radius 2 is 2.07 bits per heavy atom. The zero-order chi connectivity index (χ0) is 10.5. The third-order valence-electron chi connectivity index (χ3n) is 2.85. The molecule has 1 aliphatic rings. The smallest absolute Gasteiger partial charge is 0.263 e. The predicted molar refractivity (Wildman–Crippen MR) is 61.1 cm³/mol. The number of aromatic nitrogens is 1. The van der Waals surface area contributed by atoms with Crippen LogP contribution in [-0.4, -0.2) is 16.9 Å². The van der Waals surface area contributed by atoms with Gasteiger partial charge in [0.25, 0.3) is 5.91 Å². The lowest BCUT2D eigenvalue weighted by molar-refractivity contribution is 0.0937. The Labute approximate surface area is 93.9 Å².